The van der Waals surface area contributed by atoms with Crippen molar-refractivity contribution in [3.05, 3.63) is 57.6 Å². The fourth-order valence-corrected chi connectivity index (χ4v) is 20.4. The minimum atomic E-state index is -0.423. The standard InChI is InChI=1S/C48H63NO4/c1-40-13-30-14-41(2,21-40)25-46(17-30,24-40)35-11-36(49(51)52)37(50)12-38(35)53-34-9-7-32(8-10-34)39-33-19-44(5)23-45(6,20-33)29-48(39,28-44)47-18-31-15-42(3,26-47)22-43(4,16-31)27-47/h7-12,30-31,33,39,50H,13-29H2,1-6H3. The summed E-state index contributed by atoms with van der Waals surface area (Å²) in [7, 11) is 0. The molecule has 0 heterocycles. The van der Waals surface area contributed by atoms with E-state index in [0.29, 0.717) is 50.1 Å². The van der Waals surface area contributed by atoms with Gasteiger partial charge in [0.2, 0.25) is 0 Å². The first-order valence-corrected chi connectivity index (χ1v) is 21.6. The lowest BCUT2D eigenvalue weighted by Gasteiger charge is -2.78. The predicted molar refractivity (Wildman–Crippen MR) is 208 cm³/mol. The molecule has 2 aromatic carbocycles. The van der Waals surface area contributed by atoms with Gasteiger partial charge in [-0.05, 0) is 194 Å². The van der Waals surface area contributed by atoms with Gasteiger partial charge in [-0.2, -0.15) is 0 Å². The maximum absolute atomic E-state index is 12.2. The SMILES string of the molecule is CC12CC3CC(C)(C1)CC(c1cc([N+](=O)[O-])c(O)cc1Oc1ccc(C4C5CC6(C)CC(C)(C5)CC4(C45CC7CC(C)(CC(C)(C7)C4)C5)C6)cc1)(C3)C2. The van der Waals surface area contributed by atoms with Crippen LogP contribution in [0.5, 0.6) is 17.2 Å². The Morgan fingerprint density at radius 1 is 0.642 bits per heavy atom. The number of hydrogen-bond donors (Lipinski definition) is 1. The third-order valence-electron chi connectivity index (χ3n) is 18.5. The average molecular weight is 718 g/mol. The maximum Gasteiger partial charge on any atom is 0.311 e. The molecule has 0 aromatic heterocycles. The topological polar surface area (TPSA) is 72.6 Å². The molecular formula is C48H63NO4. The summed E-state index contributed by atoms with van der Waals surface area (Å²) >= 11 is 0. The van der Waals surface area contributed by atoms with Crippen LogP contribution >= 0.6 is 0 Å². The molecule has 53 heavy (non-hydrogen) atoms. The summed E-state index contributed by atoms with van der Waals surface area (Å²) in [6.07, 6.45) is 22.5. The summed E-state index contributed by atoms with van der Waals surface area (Å²) in [6.45, 7) is 15.6. The Labute approximate surface area is 317 Å². The van der Waals surface area contributed by atoms with Gasteiger partial charge in [-0.15, -0.1) is 0 Å². The van der Waals surface area contributed by atoms with E-state index in [2.05, 4.69) is 65.8 Å². The summed E-state index contributed by atoms with van der Waals surface area (Å²) < 4.78 is 6.84. The highest BCUT2D eigenvalue weighted by Gasteiger charge is 2.74. The van der Waals surface area contributed by atoms with E-state index in [4.69, 9.17) is 4.74 Å². The first-order valence-electron chi connectivity index (χ1n) is 21.6. The molecule has 1 N–H and O–H groups in total. The second-order valence-electron chi connectivity index (χ2n) is 24.5. The Bertz CT molecular complexity index is 1890. The molecule has 0 amide bonds. The molecule has 12 aliphatic rings. The van der Waals surface area contributed by atoms with Gasteiger partial charge < -0.3 is 9.84 Å². The molecule has 12 aliphatic carbocycles. The smallest absolute Gasteiger partial charge is 0.311 e. The molecule has 0 aliphatic heterocycles. The van der Waals surface area contributed by atoms with Gasteiger partial charge >= 0.3 is 5.69 Å². The van der Waals surface area contributed by atoms with E-state index in [0.717, 1.165) is 42.4 Å². The highest BCUT2D eigenvalue weighted by molar-refractivity contribution is 5.58. The molecular weight excluding hydrogens is 655 g/mol. The van der Waals surface area contributed by atoms with Crippen molar-refractivity contribution in [3.63, 3.8) is 0 Å². The lowest BCUT2D eigenvalue weighted by Crippen LogP contribution is -2.69. The normalized spacial score (nSPS) is 52.3. The van der Waals surface area contributed by atoms with Crippen molar-refractivity contribution in [1.82, 2.24) is 0 Å². The molecule has 7 atom stereocenters. The average Bonchev–Trinajstić information content (AvgIpc) is 2.96. The molecule has 5 nitrogen and oxygen atoms in total. The number of nitro benzene ring substituents is 1. The van der Waals surface area contributed by atoms with Crippen molar-refractivity contribution in [2.45, 2.75) is 162 Å². The van der Waals surface area contributed by atoms with Crippen molar-refractivity contribution in [3.8, 4) is 17.2 Å². The van der Waals surface area contributed by atoms with Crippen LogP contribution < -0.4 is 4.74 Å². The molecule has 14 rings (SSSR count). The summed E-state index contributed by atoms with van der Waals surface area (Å²) in [6, 6.07) is 12.5. The third-order valence-corrected chi connectivity index (χ3v) is 18.5. The maximum atomic E-state index is 12.2. The zero-order valence-corrected chi connectivity index (χ0v) is 33.4. The van der Waals surface area contributed by atoms with Crippen LogP contribution in [0.3, 0.4) is 0 Å². The molecule has 2 aromatic rings. The summed E-state index contributed by atoms with van der Waals surface area (Å²) in [5, 5.41) is 23.2. The van der Waals surface area contributed by atoms with Crippen LogP contribution in [-0.2, 0) is 5.41 Å². The van der Waals surface area contributed by atoms with Gasteiger partial charge in [0.05, 0.1) is 4.92 Å². The number of rotatable bonds is 6. The number of benzene rings is 2. The Morgan fingerprint density at radius 2 is 1.15 bits per heavy atom. The van der Waals surface area contributed by atoms with Crippen LogP contribution in [0.1, 0.15) is 168 Å². The second-order valence-corrected chi connectivity index (χ2v) is 24.5. The molecule has 284 valence electrons. The Hall–Kier alpha value is -2.56. The van der Waals surface area contributed by atoms with Crippen LogP contribution in [0.4, 0.5) is 5.69 Å². The van der Waals surface area contributed by atoms with E-state index < -0.39 is 4.92 Å². The van der Waals surface area contributed by atoms with E-state index in [9.17, 15) is 15.2 Å². The minimum absolute atomic E-state index is 0.166. The van der Waals surface area contributed by atoms with E-state index in [1.807, 2.05) is 0 Å². The molecule has 12 saturated carbocycles. The number of hydrogen-bond acceptors (Lipinski definition) is 4. The van der Waals surface area contributed by atoms with Crippen LogP contribution in [0.15, 0.2) is 36.4 Å². The van der Waals surface area contributed by atoms with Crippen molar-refractivity contribution in [2.24, 2.45) is 61.1 Å². The van der Waals surface area contributed by atoms with Crippen molar-refractivity contribution >= 4 is 5.69 Å². The predicted octanol–water partition coefficient (Wildman–Crippen LogP) is 13.0. The molecule has 0 saturated heterocycles. The van der Waals surface area contributed by atoms with E-state index in [1.165, 1.54) is 95.5 Å². The molecule has 0 spiro atoms. The Balaban J connectivity index is 0.975. The number of phenols is 1. The summed E-state index contributed by atoms with van der Waals surface area (Å²) in [4.78, 5) is 11.8. The van der Waals surface area contributed by atoms with E-state index in [1.54, 1.807) is 12.1 Å². The van der Waals surface area contributed by atoms with Gasteiger partial charge in [-0.25, -0.2) is 0 Å². The lowest BCUT2D eigenvalue weighted by atomic mass is 9.26. The quantitative estimate of drug-likeness (QED) is 0.238. The van der Waals surface area contributed by atoms with Gasteiger partial charge in [0.25, 0.3) is 0 Å². The van der Waals surface area contributed by atoms with E-state index in [-0.39, 0.29) is 27.7 Å². The van der Waals surface area contributed by atoms with Crippen molar-refractivity contribution in [2.75, 3.05) is 0 Å². The third kappa shape index (κ3) is 4.66. The Morgan fingerprint density at radius 3 is 1.66 bits per heavy atom. The number of aromatic hydroxyl groups is 1. The first kappa shape index (κ1) is 33.8. The van der Waals surface area contributed by atoms with Crippen molar-refractivity contribution < 1.29 is 14.8 Å². The Kier molecular flexibility index (Phi) is 6.28. The summed E-state index contributed by atoms with van der Waals surface area (Å²) in [5.41, 5.74) is 5.30. The molecule has 0 radical (unpaired) electrons. The number of phenolic OH excluding ortho intramolecular Hbond substituents is 1. The molecule has 7 unspecified atom stereocenters. The highest BCUT2D eigenvalue weighted by atomic mass is 16.6. The van der Waals surface area contributed by atoms with Crippen LogP contribution in [0.2, 0.25) is 0 Å². The molecule has 5 heteroatoms. The fraction of sp³-hybridized carbons (Fsp3) is 0.750. The number of ether oxygens (including phenoxy) is 1. The summed E-state index contributed by atoms with van der Waals surface area (Å²) in [5.74, 6) is 3.95. The van der Waals surface area contributed by atoms with Crippen LogP contribution in [0, 0.1) is 71.2 Å². The first-order chi connectivity index (χ1) is 24.8. The van der Waals surface area contributed by atoms with Gasteiger partial charge in [0, 0.05) is 23.1 Å². The number of nitro groups is 1. The zero-order valence-electron chi connectivity index (χ0n) is 33.4. The van der Waals surface area contributed by atoms with Gasteiger partial charge in [-0.3, -0.25) is 10.1 Å². The molecule has 12 bridgehead atoms. The van der Waals surface area contributed by atoms with Gasteiger partial charge in [-0.1, -0.05) is 53.7 Å². The highest BCUT2D eigenvalue weighted by Crippen LogP contribution is 2.84. The zero-order chi connectivity index (χ0) is 36.8. The van der Waals surface area contributed by atoms with Crippen LogP contribution in [-0.4, -0.2) is 10.0 Å². The van der Waals surface area contributed by atoms with E-state index >= 15 is 0 Å². The lowest BCUT2D eigenvalue weighted by molar-refractivity contribution is -0.386. The number of nitrogens with zero attached hydrogens (tertiary/aromatic N) is 1. The minimum Gasteiger partial charge on any atom is -0.502 e. The van der Waals surface area contributed by atoms with Gasteiger partial charge in [0.1, 0.15) is 11.5 Å². The second kappa shape index (κ2) is 9.87. The largest absolute Gasteiger partial charge is 0.502 e. The molecule has 12 fully saturated rings. The monoisotopic (exact) mass is 717 g/mol. The fourth-order valence-electron chi connectivity index (χ4n) is 20.4. The van der Waals surface area contributed by atoms with Crippen LogP contribution in [0.25, 0.3) is 0 Å². The van der Waals surface area contributed by atoms with Crippen molar-refractivity contribution in [1.29, 1.82) is 0 Å². The van der Waals surface area contributed by atoms with Gasteiger partial charge in [0.15, 0.2) is 5.75 Å².